The molecule has 2 rings (SSSR count). The van der Waals surface area contributed by atoms with Crippen LogP contribution in [0.4, 0.5) is 0 Å². The van der Waals surface area contributed by atoms with E-state index in [1.165, 1.54) is 19.5 Å². The van der Waals surface area contributed by atoms with Gasteiger partial charge in [-0.3, -0.25) is 4.90 Å². The number of alkyl halides is 1. The molecule has 3 heteroatoms. The number of fused-ring (bicyclic) bond motifs is 1. The van der Waals surface area contributed by atoms with Crippen LogP contribution in [0.5, 0.6) is 0 Å². The molecule has 102 valence electrons. The predicted octanol–water partition coefficient (Wildman–Crippen LogP) is 4.72. The second-order valence-electron chi connectivity index (χ2n) is 6.44. The Hall–Kier alpha value is 0.140. The van der Waals surface area contributed by atoms with Crippen molar-refractivity contribution < 1.29 is 0 Å². The second kappa shape index (κ2) is 5.64. The van der Waals surface area contributed by atoms with Gasteiger partial charge in [-0.1, -0.05) is 36.7 Å². The average molecular weight is 330 g/mol. The maximum absolute atomic E-state index is 3.70. The summed E-state index contributed by atoms with van der Waals surface area (Å²) in [7, 11) is 0. The lowest BCUT2D eigenvalue weighted by atomic mass is 9.81. The standard InChI is InChI=1S/C15H24BrNS/c1-11-13-6-8-18-14(13)5-7-17(11)10-12(9-16)15(2,3)4/h6,8,11-12H,5,7,9-10H2,1-4H3. The Morgan fingerprint density at radius 2 is 2.22 bits per heavy atom. The van der Waals surface area contributed by atoms with Crippen LogP contribution in [0, 0.1) is 11.3 Å². The first kappa shape index (κ1) is 14.5. The third-order valence-electron chi connectivity index (χ3n) is 4.27. The van der Waals surface area contributed by atoms with E-state index in [4.69, 9.17) is 0 Å². The Kier molecular flexibility index (Phi) is 4.56. The van der Waals surface area contributed by atoms with Crippen molar-refractivity contribution in [1.82, 2.24) is 4.90 Å². The summed E-state index contributed by atoms with van der Waals surface area (Å²) in [5.74, 6) is 0.708. The highest BCUT2D eigenvalue weighted by Crippen LogP contribution is 2.36. The van der Waals surface area contributed by atoms with Gasteiger partial charge < -0.3 is 0 Å². The van der Waals surface area contributed by atoms with Crippen LogP contribution in [0.15, 0.2) is 11.4 Å². The van der Waals surface area contributed by atoms with Crippen molar-refractivity contribution in [3.8, 4) is 0 Å². The molecule has 0 aliphatic carbocycles. The number of hydrogen-bond acceptors (Lipinski definition) is 2. The first-order chi connectivity index (χ1) is 8.43. The number of hydrogen-bond donors (Lipinski definition) is 0. The Bertz CT molecular complexity index is 393. The zero-order chi connectivity index (χ0) is 13.3. The minimum Gasteiger partial charge on any atom is -0.296 e. The summed E-state index contributed by atoms with van der Waals surface area (Å²) in [5, 5.41) is 3.34. The van der Waals surface area contributed by atoms with Crippen molar-refractivity contribution in [2.75, 3.05) is 18.4 Å². The van der Waals surface area contributed by atoms with Gasteiger partial charge in [0.2, 0.25) is 0 Å². The van der Waals surface area contributed by atoms with Crippen LogP contribution in [0.25, 0.3) is 0 Å². The molecule has 0 amide bonds. The molecule has 1 aromatic heterocycles. The van der Waals surface area contributed by atoms with E-state index < -0.39 is 0 Å². The van der Waals surface area contributed by atoms with Gasteiger partial charge in [0.15, 0.2) is 0 Å². The van der Waals surface area contributed by atoms with Crippen LogP contribution in [0.1, 0.15) is 44.2 Å². The number of nitrogens with zero attached hydrogens (tertiary/aromatic N) is 1. The Labute approximate surface area is 124 Å². The lowest BCUT2D eigenvalue weighted by molar-refractivity contribution is 0.126. The minimum atomic E-state index is 0.373. The van der Waals surface area contributed by atoms with Crippen molar-refractivity contribution in [2.24, 2.45) is 11.3 Å². The fourth-order valence-electron chi connectivity index (χ4n) is 2.65. The molecule has 0 bridgehead atoms. The quantitative estimate of drug-likeness (QED) is 0.725. The van der Waals surface area contributed by atoms with Crippen molar-refractivity contribution in [2.45, 2.75) is 40.2 Å². The van der Waals surface area contributed by atoms with Gasteiger partial charge in [-0.15, -0.1) is 11.3 Å². The van der Waals surface area contributed by atoms with Crippen molar-refractivity contribution >= 4 is 27.3 Å². The van der Waals surface area contributed by atoms with Gasteiger partial charge in [0.1, 0.15) is 0 Å². The minimum absolute atomic E-state index is 0.373. The zero-order valence-corrected chi connectivity index (χ0v) is 14.3. The topological polar surface area (TPSA) is 3.24 Å². The van der Waals surface area contributed by atoms with E-state index in [0.29, 0.717) is 17.4 Å². The van der Waals surface area contributed by atoms with Crippen molar-refractivity contribution in [3.05, 3.63) is 21.9 Å². The summed E-state index contributed by atoms with van der Waals surface area (Å²) in [5.41, 5.74) is 1.94. The van der Waals surface area contributed by atoms with Crippen molar-refractivity contribution in [1.29, 1.82) is 0 Å². The first-order valence-electron chi connectivity index (χ1n) is 6.79. The van der Waals surface area contributed by atoms with Gasteiger partial charge in [-0.05, 0) is 41.7 Å². The summed E-state index contributed by atoms with van der Waals surface area (Å²) >= 11 is 5.62. The summed E-state index contributed by atoms with van der Waals surface area (Å²) in [4.78, 5) is 4.26. The van der Waals surface area contributed by atoms with Gasteiger partial charge in [-0.25, -0.2) is 0 Å². The fourth-order valence-corrected chi connectivity index (χ4v) is 4.79. The zero-order valence-electron chi connectivity index (χ0n) is 11.9. The molecule has 0 aromatic carbocycles. The van der Waals surface area contributed by atoms with E-state index in [9.17, 15) is 0 Å². The Balaban J connectivity index is 2.08. The average Bonchev–Trinajstić information content (AvgIpc) is 2.75. The molecule has 1 nitrogen and oxygen atoms in total. The third kappa shape index (κ3) is 3.00. The molecule has 18 heavy (non-hydrogen) atoms. The molecule has 0 spiro atoms. The molecule has 1 aromatic rings. The van der Waals surface area contributed by atoms with Gasteiger partial charge in [0.05, 0.1) is 0 Å². The highest BCUT2D eigenvalue weighted by atomic mass is 79.9. The van der Waals surface area contributed by atoms with E-state index >= 15 is 0 Å². The fraction of sp³-hybridized carbons (Fsp3) is 0.733. The normalized spacial score (nSPS) is 22.8. The maximum Gasteiger partial charge on any atom is 0.0331 e. The molecule has 1 aliphatic heterocycles. The molecule has 2 heterocycles. The van der Waals surface area contributed by atoms with Crippen LogP contribution >= 0.6 is 27.3 Å². The summed E-state index contributed by atoms with van der Waals surface area (Å²) in [6.07, 6.45) is 1.23. The lowest BCUT2D eigenvalue weighted by Gasteiger charge is -2.39. The number of thiophene rings is 1. The number of halogens is 1. The van der Waals surface area contributed by atoms with Crippen LogP contribution in [-0.2, 0) is 6.42 Å². The summed E-state index contributed by atoms with van der Waals surface area (Å²) in [6, 6.07) is 2.90. The van der Waals surface area contributed by atoms with E-state index in [-0.39, 0.29) is 0 Å². The van der Waals surface area contributed by atoms with E-state index in [1.807, 2.05) is 11.3 Å². The van der Waals surface area contributed by atoms with Crippen molar-refractivity contribution in [3.63, 3.8) is 0 Å². The number of rotatable bonds is 3. The molecular weight excluding hydrogens is 306 g/mol. The second-order valence-corrected chi connectivity index (χ2v) is 8.09. The lowest BCUT2D eigenvalue weighted by Crippen LogP contribution is -2.40. The molecule has 0 saturated heterocycles. The van der Waals surface area contributed by atoms with Gasteiger partial charge >= 0.3 is 0 Å². The third-order valence-corrected chi connectivity index (χ3v) is 6.05. The molecule has 0 fully saturated rings. The Morgan fingerprint density at radius 3 is 2.83 bits per heavy atom. The predicted molar refractivity (Wildman–Crippen MR) is 84.8 cm³/mol. The highest BCUT2D eigenvalue weighted by Gasteiger charge is 2.30. The molecule has 0 saturated carbocycles. The van der Waals surface area contributed by atoms with Crippen LogP contribution < -0.4 is 0 Å². The van der Waals surface area contributed by atoms with E-state index in [1.54, 1.807) is 10.4 Å². The SMILES string of the molecule is CC1c2ccsc2CCN1CC(CBr)C(C)(C)C. The molecular formula is C15H24BrNS. The van der Waals surface area contributed by atoms with Crippen LogP contribution in [-0.4, -0.2) is 23.3 Å². The molecule has 2 atom stereocenters. The monoisotopic (exact) mass is 329 g/mol. The first-order valence-corrected chi connectivity index (χ1v) is 8.80. The molecule has 0 radical (unpaired) electrons. The largest absolute Gasteiger partial charge is 0.296 e. The van der Waals surface area contributed by atoms with Gasteiger partial charge in [0.25, 0.3) is 0 Å². The summed E-state index contributed by atoms with van der Waals surface area (Å²) in [6.45, 7) is 11.8. The summed E-state index contributed by atoms with van der Waals surface area (Å²) < 4.78 is 0. The van der Waals surface area contributed by atoms with Gasteiger partial charge in [-0.2, -0.15) is 0 Å². The highest BCUT2D eigenvalue weighted by molar-refractivity contribution is 9.09. The van der Waals surface area contributed by atoms with Gasteiger partial charge in [0, 0.05) is 29.3 Å². The maximum atomic E-state index is 3.70. The molecule has 2 unspecified atom stereocenters. The van der Waals surface area contributed by atoms with E-state index in [0.717, 1.165) is 5.33 Å². The molecule has 1 aliphatic rings. The molecule has 0 N–H and O–H groups in total. The van der Waals surface area contributed by atoms with Crippen LogP contribution in [0.3, 0.4) is 0 Å². The van der Waals surface area contributed by atoms with Crippen LogP contribution in [0.2, 0.25) is 0 Å². The smallest absolute Gasteiger partial charge is 0.0331 e. The van der Waals surface area contributed by atoms with E-state index in [2.05, 4.69) is 60.0 Å². The Morgan fingerprint density at radius 1 is 1.50 bits per heavy atom.